The number of carboxylic acid groups (broad SMARTS) is 2. The van der Waals surface area contributed by atoms with Crippen molar-refractivity contribution in [1.82, 2.24) is 0 Å². The monoisotopic (exact) mass is 550 g/mol. The van der Waals surface area contributed by atoms with Gasteiger partial charge in [-0.3, -0.25) is 9.59 Å². The van der Waals surface area contributed by atoms with Crippen molar-refractivity contribution in [2.75, 3.05) is 13.2 Å². The number of carbonyl (C=O) groups excluding carboxylic acids is 4. The summed E-state index contributed by atoms with van der Waals surface area (Å²) in [5.74, 6) is -5.10. The predicted octanol–water partition coefficient (Wildman–Crippen LogP) is 2.51. The van der Waals surface area contributed by atoms with Gasteiger partial charge >= 0.3 is 69.6 Å². The minimum absolute atomic E-state index is 0.259. The van der Waals surface area contributed by atoms with Gasteiger partial charge in [-0.05, 0) is 12.8 Å². The van der Waals surface area contributed by atoms with Gasteiger partial charge in [0.1, 0.15) is 11.6 Å². The normalized spacial score (nSPS) is 12.7. The van der Waals surface area contributed by atoms with Crippen LogP contribution in [0.25, 0.3) is 0 Å². The van der Waals surface area contributed by atoms with E-state index in [1.807, 2.05) is 13.8 Å². The molecule has 0 aromatic rings. The van der Waals surface area contributed by atoms with E-state index in [-0.39, 0.29) is 11.6 Å². The molecule has 8 nitrogen and oxygen atoms in total. The van der Waals surface area contributed by atoms with E-state index in [4.69, 9.17) is 5.63 Å². The molecule has 0 aliphatic rings. The van der Waals surface area contributed by atoms with Crippen LogP contribution in [0.2, 0.25) is 0 Å². The minimum atomic E-state index is -1.29. The van der Waals surface area contributed by atoms with E-state index < -0.39 is 58.7 Å². The molecule has 0 rings (SSSR count). The van der Waals surface area contributed by atoms with E-state index in [2.05, 4.69) is 13.8 Å². The Balaban J connectivity index is -0.000000414. The summed E-state index contributed by atoms with van der Waals surface area (Å²) in [5.41, 5.74) is -1.11. The molecule has 0 aliphatic heterocycles. The van der Waals surface area contributed by atoms with Gasteiger partial charge in [-0.25, -0.2) is 0 Å². The van der Waals surface area contributed by atoms with Gasteiger partial charge in [-0.2, -0.15) is 0 Å². The molecule has 9 heteroatoms. The Morgan fingerprint density at radius 3 is 1.15 bits per heavy atom. The molecule has 0 aliphatic carbocycles. The Morgan fingerprint density at radius 2 is 0.970 bits per heavy atom. The summed E-state index contributed by atoms with van der Waals surface area (Å²) in [6, 6.07) is 0. The SMILES string of the molecule is CCC(C)(C)C(=O)C(C)C(=O)[O-].CCC(C)(C)C(=O)C(C)C(=O)[O-].CCC[O][Zr+2][O]CCC. The van der Waals surface area contributed by atoms with E-state index in [9.17, 15) is 29.4 Å². The standard InChI is InChI=1S/2C9H16O3.2C3H7O.Zr/c2*1-5-9(3,4)7(10)6(2)8(11)12;2*1-2-3-4;/h2*6H,5H2,1-4H3,(H,11,12);2*2-3H2,1H3;/q;;2*-1;+4/p-2. The van der Waals surface area contributed by atoms with Crippen LogP contribution in [0.5, 0.6) is 0 Å². The fourth-order valence-electron chi connectivity index (χ4n) is 2.06. The Kier molecular flexibility index (Phi) is 21.5. The second-order valence-corrected chi connectivity index (χ2v) is 10.9. The van der Waals surface area contributed by atoms with E-state index in [0.717, 1.165) is 26.1 Å². The Hall–Kier alpha value is -0.917. The van der Waals surface area contributed by atoms with E-state index in [1.165, 1.54) is 13.8 Å². The summed E-state index contributed by atoms with van der Waals surface area (Å²) in [5, 5.41) is 20.7. The molecule has 0 aromatic carbocycles. The summed E-state index contributed by atoms with van der Waals surface area (Å²) in [4.78, 5) is 43.6. The number of aliphatic carboxylic acids is 2. The van der Waals surface area contributed by atoms with Crippen molar-refractivity contribution in [3.63, 3.8) is 0 Å². The molecule has 0 N–H and O–H groups in total. The first kappa shape index (κ1) is 36.6. The molecular weight excluding hydrogens is 507 g/mol. The van der Waals surface area contributed by atoms with Crippen molar-refractivity contribution in [2.24, 2.45) is 22.7 Å². The number of Topliss-reactive ketones (excluding diaryl/α,β-unsaturated/α-hetero) is 2. The zero-order chi connectivity index (χ0) is 26.8. The Labute approximate surface area is 213 Å². The molecule has 0 radical (unpaired) electrons. The van der Waals surface area contributed by atoms with Crippen LogP contribution in [-0.4, -0.2) is 36.7 Å². The quantitative estimate of drug-likeness (QED) is 0.238. The van der Waals surface area contributed by atoms with Crippen molar-refractivity contribution in [1.29, 1.82) is 0 Å². The summed E-state index contributed by atoms with van der Waals surface area (Å²) >= 11 is -0.851. The van der Waals surface area contributed by atoms with Crippen molar-refractivity contribution in [3.8, 4) is 0 Å². The number of rotatable bonds is 14. The zero-order valence-electron chi connectivity index (χ0n) is 22.2. The molecular formula is C24H44O8Zr. The number of carboxylic acids is 2. The van der Waals surface area contributed by atoms with Gasteiger partial charge in [-0.15, -0.1) is 0 Å². The second kappa shape index (κ2) is 19.4. The molecule has 0 saturated heterocycles. The van der Waals surface area contributed by atoms with Crippen LogP contribution in [0, 0.1) is 22.7 Å². The van der Waals surface area contributed by atoms with E-state index in [1.54, 1.807) is 27.7 Å². The van der Waals surface area contributed by atoms with Crippen LogP contribution >= 0.6 is 0 Å². The summed E-state index contributed by atoms with van der Waals surface area (Å²) < 4.78 is 10.5. The Morgan fingerprint density at radius 1 is 0.697 bits per heavy atom. The van der Waals surface area contributed by atoms with Gasteiger partial charge in [0.2, 0.25) is 0 Å². The third-order valence-electron chi connectivity index (χ3n) is 5.33. The van der Waals surface area contributed by atoms with Gasteiger partial charge in [0, 0.05) is 10.8 Å². The van der Waals surface area contributed by atoms with Crippen LogP contribution in [0.3, 0.4) is 0 Å². The molecule has 33 heavy (non-hydrogen) atoms. The van der Waals surface area contributed by atoms with Gasteiger partial charge in [-0.1, -0.05) is 55.4 Å². The van der Waals surface area contributed by atoms with Crippen LogP contribution in [0.4, 0.5) is 0 Å². The van der Waals surface area contributed by atoms with Gasteiger partial charge < -0.3 is 19.8 Å². The van der Waals surface area contributed by atoms with Crippen LogP contribution in [0.15, 0.2) is 0 Å². The van der Waals surface area contributed by atoms with E-state index in [0.29, 0.717) is 12.8 Å². The number of hydrogen-bond acceptors (Lipinski definition) is 8. The van der Waals surface area contributed by atoms with Crippen molar-refractivity contribution < 1.29 is 59.1 Å². The first-order chi connectivity index (χ1) is 15.1. The molecule has 0 saturated carbocycles. The number of hydrogen-bond donors (Lipinski definition) is 0. The van der Waals surface area contributed by atoms with Crippen LogP contribution in [-0.2, 0) is 48.9 Å². The summed E-state index contributed by atoms with van der Waals surface area (Å²) in [6.45, 7) is 19.4. The van der Waals surface area contributed by atoms with Gasteiger partial charge in [0.05, 0.1) is 23.8 Å². The predicted molar refractivity (Wildman–Crippen MR) is 119 cm³/mol. The third-order valence-corrected chi connectivity index (χ3v) is 6.91. The summed E-state index contributed by atoms with van der Waals surface area (Å²) in [7, 11) is 0. The maximum absolute atomic E-state index is 11.4. The van der Waals surface area contributed by atoms with Crippen LogP contribution in [0.1, 0.15) is 94.9 Å². The van der Waals surface area contributed by atoms with Crippen molar-refractivity contribution >= 4 is 23.5 Å². The fraction of sp³-hybridized carbons (Fsp3) is 0.833. The molecule has 0 heterocycles. The summed E-state index contributed by atoms with van der Waals surface area (Å²) in [6.07, 6.45) is 3.50. The van der Waals surface area contributed by atoms with Crippen LogP contribution < -0.4 is 10.2 Å². The molecule has 192 valence electrons. The molecule has 0 aromatic heterocycles. The molecule has 2 atom stereocenters. The third kappa shape index (κ3) is 17.2. The topological polar surface area (TPSA) is 133 Å². The number of ketones is 2. The van der Waals surface area contributed by atoms with Gasteiger partial charge in [0.25, 0.3) is 0 Å². The average Bonchev–Trinajstić information content (AvgIpc) is 2.77. The molecule has 0 fully saturated rings. The Bertz CT molecular complexity index is 537. The fourth-order valence-corrected chi connectivity index (χ4v) is 3.68. The molecule has 0 bridgehead atoms. The second-order valence-electron chi connectivity index (χ2n) is 9.07. The van der Waals surface area contributed by atoms with E-state index >= 15 is 0 Å². The first-order valence-corrected chi connectivity index (χ1v) is 13.6. The average molecular weight is 552 g/mol. The van der Waals surface area contributed by atoms with Gasteiger partial charge in [0.15, 0.2) is 0 Å². The first-order valence-electron chi connectivity index (χ1n) is 11.6. The molecule has 0 amide bonds. The van der Waals surface area contributed by atoms with Crippen molar-refractivity contribution in [3.05, 3.63) is 0 Å². The zero-order valence-corrected chi connectivity index (χ0v) is 24.6. The maximum atomic E-state index is 11.4. The number of carbonyl (C=O) groups is 4. The molecule has 0 spiro atoms. The molecule has 2 unspecified atom stereocenters. The van der Waals surface area contributed by atoms with Crippen molar-refractivity contribution in [2.45, 2.75) is 94.9 Å².